The lowest BCUT2D eigenvalue weighted by Crippen LogP contribution is -2.35. The van der Waals surface area contributed by atoms with Crippen molar-refractivity contribution in [2.75, 3.05) is 13.1 Å². The largest absolute Gasteiger partial charge is 0.345 e. The number of carbonyl (C=O) groups excluding carboxylic acids is 1. The van der Waals surface area contributed by atoms with Crippen LogP contribution in [0, 0.1) is 11.8 Å². The number of carbonyl (C=O) groups is 1. The normalized spacial score (nSPS) is 26.6. The van der Waals surface area contributed by atoms with Gasteiger partial charge in [-0.2, -0.15) is 10.1 Å². The van der Waals surface area contributed by atoms with Crippen LogP contribution in [0.5, 0.6) is 0 Å². The van der Waals surface area contributed by atoms with Crippen molar-refractivity contribution in [3.8, 4) is 0 Å². The molecule has 4 nitrogen and oxygen atoms in total. The Kier molecular flexibility index (Phi) is 4.05. The number of allylic oxidation sites excluding steroid dienone is 1. The molecule has 2 heterocycles. The Balaban J connectivity index is 2.02. The average molecular weight is 289 g/mol. The zero-order chi connectivity index (χ0) is 15.0. The lowest BCUT2D eigenvalue weighted by Gasteiger charge is -2.33. The minimum absolute atomic E-state index is 0.0682. The highest BCUT2D eigenvalue weighted by molar-refractivity contribution is 5.94. The third-order valence-corrected chi connectivity index (χ3v) is 5.07. The zero-order valence-electron chi connectivity index (χ0n) is 13.6. The Hall–Kier alpha value is -1.32. The molecule has 1 saturated heterocycles. The van der Waals surface area contributed by atoms with Gasteiger partial charge in [0, 0.05) is 18.2 Å². The highest BCUT2D eigenvalue weighted by atomic mass is 16.2. The van der Waals surface area contributed by atoms with Crippen LogP contribution in [0.1, 0.15) is 59.3 Å². The van der Waals surface area contributed by atoms with Crippen molar-refractivity contribution in [2.24, 2.45) is 16.9 Å². The minimum Gasteiger partial charge on any atom is -0.317 e. The number of fused-ring (bicyclic) bond motifs is 2. The van der Waals surface area contributed by atoms with Crippen molar-refractivity contribution in [1.82, 2.24) is 9.91 Å². The Bertz CT molecular complexity index is 492. The quantitative estimate of drug-likeness (QED) is 0.757. The van der Waals surface area contributed by atoms with Gasteiger partial charge in [0.25, 0.3) is 0 Å². The third-order valence-electron chi connectivity index (χ3n) is 5.07. The molecule has 3 aliphatic rings. The number of nitrogens with zero attached hydrogens (tertiary/aromatic N) is 3. The van der Waals surface area contributed by atoms with Crippen molar-refractivity contribution < 1.29 is 4.79 Å². The summed E-state index contributed by atoms with van der Waals surface area (Å²) in [6, 6.07) is 0.0682. The number of rotatable bonds is 2. The summed E-state index contributed by atoms with van der Waals surface area (Å²) >= 11 is 0. The summed E-state index contributed by atoms with van der Waals surface area (Å²) in [6.45, 7) is 7.99. The first-order valence-electron chi connectivity index (χ1n) is 8.52. The highest BCUT2D eigenvalue weighted by Gasteiger charge is 2.41. The third kappa shape index (κ3) is 2.49. The summed E-state index contributed by atoms with van der Waals surface area (Å²) in [6.07, 6.45) is 7.57. The maximum atomic E-state index is 12.5. The Morgan fingerprint density at radius 1 is 1.24 bits per heavy atom. The van der Waals surface area contributed by atoms with Crippen LogP contribution in [0.25, 0.3) is 0 Å². The van der Waals surface area contributed by atoms with E-state index in [1.807, 2.05) is 11.8 Å². The Labute approximate surface area is 127 Å². The molecule has 1 atom stereocenters. The number of likely N-dealkylation sites (N-methyl/N-ethyl adjacent to an activating group) is 1. The van der Waals surface area contributed by atoms with Crippen LogP contribution in [0.15, 0.2) is 16.4 Å². The summed E-state index contributed by atoms with van der Waals surface area (Å²) in [5, 5.41) is 6.49. The van der Waals surface area contributed by atoms with E-state index in [1.54, 1.807) is 5.01 Å². The van der Waals surface area contributed by atoms with E-state index in [0.29, 0.717) is 11.8 Å². The van der Waals surface area contributed by atoms with Crippen LogP contribution in [-0.4, -0.2) is 34.7 Å². The average Bonchev–Trinajstić information content (AvgIpc) is 2.74. The molecule has 0 aromatic carbocycles. The molecule has 116 valence electrons. The molecule has 0 N–H and O–H groups in total. The summed E-state index contributed by atoms with van der Waals surface area (Å²) in [5.41, 5.74) is 3.93. The number of amides is 2. The van der Waals surface area contributed by atoms with E-state index in [-0.39, 0.29) is 6.03 Å². The molecule has 2 amide bonds. The highest BCUT2D eigenvalue weighted by Crippen LogP contribution is 2.39. The molecule has 4 heteroatoms. The molecule has 0 bridgehead atoms. The van der Waals surface area contributed by atoms with Gasteiger partial charge >= 0.3 is 6.03 Å². The first kappa shape index (κ1) is 14.6. The van der Waals surface area contributed by atoms with Gasteiger partial charge in [-0.1, -0.05) is 33.1 Å². The topological polar surface area (TPSA) is 35.9 Å². The van der Waals surface area contributed by atoms with E-state index in [9.17, 15) is 4.79 Å². The molecular weight excluding hydrogens is 262 g/mol. The molecule has 1 saturated carbocycles. The predicted octanol–water partition coefficient (Wildman–Crippen LogP) is 3.99. The molecule has 2 fully saturated rings. The van der Waals surface area contributed by atoms with Gasteiger partial charge in [0.05, 0.1) is 12.2 Å². The van der Waals surface area contributed by atoms with E-state index in [0.717, 1.165) is 19.5 Å². The van der Waals surface area contributed by atoms with Gasteiger partial charge in [0.2, 0.25) is 0 Å². The fraction of sp³-hybridized carbons (Fsp3) is 0.765. The molecule has 0 aromatic rings. The second-order valence-corrected chi connectivity index (χ2v) is 6.77. The molecule has 3 rings (SSSR count). The summed E-state index contributed by atoms with van der Waals surface area (Å²) in [4.78, 5) is 14.4. The SMILES string of the molecule is CCN1CC2=C3CCCCCCC3C(C(C)C)=NN2C1=O. The van der Waals surface area contributed by atoms with Gasteiger partial charge < -0.3 is 4.90 Å². The van der Waals surface area contributed by atoms with Crippen molar-refractivity contribution >= 4 is 11.7 Å². The summed E-state index contributed by atoms with van der Waals surface area (Å²) in [5.74, 6) is 0.899. The minimum atomic E-state index is 0.0682. The first-order chi connectivity index (χ1) is 10.1. The van der Waals surface area contributed by atoms with E-state index in [2.05, 4.69) is 13.8 Å². The van der Waals surface area contributed by atoms with Gasteiger partial charge in [0.1, 0.15) is 0 Å². The predicted molar refractivity (Wildman–Crippen MR) is 85.0 cm³/mol. The number of hydrazone groups is 1. The van der Waals surface area contributed by atoms with Gasteiger partial charge in [0.15, 0.2) is 0 Å². The van der Waals surface area contributed by atoms with Crippen molar-refractivity contribution in [2.45, 2.75) is 59.3 Å². The second kappa shape index (κ2) is 5.82. The number of hydrogen-bond donors (Lipinski definition) is 0. The van der Waals surface area contributed by atoms with Crippen LogP contribution in [0.4, 0.5) is 4.79 Å². The Morgan fingerprint density at radius 3 is 2.71 bits per heavy atom. The molecule has 0 spiro atoms. The van der Waals surface area contributed by atoms with Crippen molar-refractivity contribution in [1.29, 1.82) is 0 Å². The second-order valence-electron chi connectivity index (χ2n) is 6.77. The zero-order valence-corrected chi connectivity index (χ0v) is 13.6. The van der Waals surface area contributed by atoms with Crippen molar-refractivity contribution in [3.63, 3.8) is 0 Å². The lowest BCUT2D eigenvalue weighted by atomic mass is 9.78. The summed E-state index contributed by atoms with van der Waals surface area (Å²) in [7, 11) is 0. The molecule has 2 aliphatic heterocycles. The van der Waals surface area contributed by atoms with Gasteiger partial charge in [-0.3, -0.25) is 0 Å². The van der Waals surface area contributed by atoms with Crippen molar-refractivity contribution in [3.05, 3.63) is 11.3 Å². The smallest absolute Gasteiger partial charge is 0.317 e. The van der Waals surface area contributed by atoms with Crippen LogP contribution < -0.4 is 0 Å². The molecule has 21 heavy (non-hydrogen) atoms. The fourth-order valence-corrected chi connectivity index (χ4v) is 3.89. The molecule has 1 unspecified atom stereocenters. The first-order valence-corrected chi connectivity index (χ1v) is 8.52. The van der Waals surface area contributed by atoms with Gasteiger partial charge in [-0.05, 0) is 37.7 Å². The van der Waals surface area contributed by atoms with E-state index in [4.69, 9.17) is 5.10 Å². The van der Waals surface area contributed by atoms with Gasteiger partial charge in [-0.25, -0.2) is 4.79 Å². The molecular formula is C17H27N3O. The van der Waals surface area contributed by atoms with E-state index >= 15 is 0 Å². The number of hydrogen-bond acceptors (Lipinski definition) is 2. The molecule has 0 aromatic heterocycles. The van der Waals surface area contributed by atoms with E-state index < -0.39 is 0 Å². The monoisotopic (exact) mass is 289 g/mol. The Morgan fingerprint density at radius 2 is 2.00 bits per heavy atom. The van der Waals surface area contributed by atoms with Crippen LogP contribution >= 0.6 is 0 Å². The maximum Gasteiger partial charge on any atom is 0.345 e. The summed E-state index contributed by atoms with van der Waals surface area (Å²) < 4.78 is 0. The number of urea groups is 1. The van der Waals surface area contributed by atoms with Crippen LogP contribution in [0.2, 0.25) is 0 Å². The van der Waals surface area contributed by atoms with E-state index in [1.165, 1.54) is 49.1 Å². The fourth-order valence-electron chi connectivity index (χ4n) is 3.89. The van der Waals surface area contributed by atoms with Crippen LogP contribution in [0.3, 0.4) is 0 Å². The standard InChI is InChI=1S/C17H27N3O/c1-4-19-11-15-13-9-7-5-6-8-10-14(13)16(12(2)3)18-20(15)17(19)21/h12,14H,4-11H2,1-3H3. The molecule has 0 radical (unpaired) electrons. The lowest BCUT2D eigenvalue weighted by molar-refractivity contribution is 0.196. The van der Waals surface area contributed by atoms with Gasteiger partial charge in [-0.15, -0.1) is 0 Å². The van der Waals surface area contributed by atoms with Crippen LogP contribution in [-0.2, 0) is 0 Å². The molecule has 1 aliphatic carbocycles. The maximum absolute atomic E-state index is 12.5.